The van der Waals surface area contributed by atoms with Crippen molar-refractivity contribution in [1.29, 1.82) is 5.41 Å². The highest BCUT2D eigenvalue weighted by atomic mass is 35.5. The molecule has 0 saturated heterocycles. The van der Waals surface area contributed by atoms with Crippen LogP contribution in [0, 0.1) is 11.3 Å². The van der Waals surface area contributed by atoms with Crippen LogP contribution in [0.1, 0.15) is 26.2 Å². The number of amidine groups is 1. The number of rotatable bonds is 4. The molecular weight excluding hydrogens is 242 g/mol. The Morgan fingerprint density at radius 2 is 2.29 bits per heavy atom. The summed E-state index contributed by atoms with van der Waals surface area (Å²) in [6, 6.07) is 0. The van der Waals surface area contributed by atoms with Gasteiger partial charge in [-0.2, -0.15) is 0 Å². The number of carbonyl (C=O) groups is 1. The molecule has 2 aliphatic rings. The second-order valence-electron chi connectivity index (χ2n) is 4.46. The summed E-state index contributed by atoms with van der Waals surface area (Å²) in [7, 11) is 0. The Labute approximate surface area is 105 Å². The van der Waals surface area contributed by atoms with E-state index in [-0.39, 0.29) is 22.7 Å². The summed E-state index contributed by atoms with van der Waals surface area (Å²) in [4.78, 5) is 12.9. The van der Waals surface area contributed by atoms with Gasteiger partial charge in [0.05, 0.1) is 0 Å². The topological polar surface area (TPSA) is 76.4 Å². The van der Waals surface area contributed by atoms with E-state index in [1.807, 2.05) is 11.8 Å². The second kappa shape index (κ2) is 4.56. The zero-order valence-electron chi connectivity index (χ0n) is 9.66. The predicted octanol–water partition coefficient (Wildman–Crippen LogP) is 1.55. The van der Waals surface area contributed by atoms with Gasteiger partial charge < -0.3 is 15.3 Å². The van der Waals surface area contributed by atoms with Gasteiger partial charge in [0.2, 0.25) is 0 Å². The molecule has 1 unspecified atom stereocenters. The first-order valence-corrected chi connectivity index (χ1v) is 6.19. The highest BCUT2D eigenvalue weighted by Crippen LogP contribution is 2.37. The van der Waals surface area contributed by atoms with Gasteiger partial charge in [-0.05, 0) is 25.2 Å². The van der Waals surface area contributed by atoms with Gasteiger partial charge in [-0.25, -0.2) is 4.79 Å². The molecule has 0 aromatic rings. The molecule has 0 spiro atoms. The van der Waals surface area contributed by atoms with Gasteiger partial charge in [-0.1, -0.05) is 18.5 Å². The van der Waals surface area contributed by atoms with E-state index in [4.69, 9.17) is 22.1 Å². The van der Waals surface area contributed by atoms with Gasteiger partial charge >= 0.3 is 5.97 Å². The Morgan fingerprint density at radius 3 is 2.76 bits per heavy atom. The van der Waals surface area contributed by atoms with E-state index in [0.29, 0.717) is 5.92 Å². The summed E-state index contributed by atoms with van der Waals surface area (Å²) < 4.78 is 0. The smallest absolute Gasteiger partial charge is 0.353 e. The summed E-state index contributed by atoms with van der Waals surface area (Å²) in [5, 5.41) is 20.0. The summed E-state index contributed by atoms with van der Waals surface area (Å²) in [6.07, 6.45) is 2.97. The van der Waals surface area contributed by atoms with Crippen LogP contribution in [0.2, 0.25) is 0 Å². The van der Waals surface area contributed by atoms with Crippen molar-refractivity contribution in [2.45, 2.75) is 32.4 Å². The highest BCUT2D eigenvalue weighted by Gasteiger charge is 2.41. The van der Waals surface area contributed by atoms with E-state index in [1.54, 1.807) is 0 Å². The lowest BCUT2D eigenvalue weighted by Gasteiger charge is -2.38. The molecule has 0 aromatic carbocycles. The van der Waals surface area contributed by atoms with Crippen molar-refractivity contribution in [2.24, 2.45) is 5.92 Å². The molecule has 2 rings (SSSR count). The van der Waals surface area contributed by atoms with Crippen molar-refractivity contribution in [1.82, 2.24) is 10.2 Å². The quantitative estimate of drug-likeness (QED) is 0.714. The van der Waals surface area contributed by atoms with Gasteiger partial charge in [0.25, 0.3) is 0 Å². The fraction of sp³-hybridized carbons (Fsp3) is 0.636. The lowest BCUT2D eigenvalue weighted by atomic mass is 10.1. The fourth-order valence-electron chi connectivity index (χ4n) is 2.10. The van der Waals surface area contributed by atoms with Crippen molar-refractivity contribution in [3.8, 4) is 0 Å². The summed E-state index contributed by atoms with van der Waals surface area (Å²) in [5.41, 5.74) is -0.0408. The predicted molar refractivity (Wildman–Crippen MR) is 64.9 cm³/mol. The Bertz CT molecular complexity index is 390. The standard InChI is InChI=1S/C11H16ClN3O2/c1-2-5-15-9(13)7(12)8(11(16)17)14-10(15)6-3-4-6/h6,10,13-14H,2-5H2,1H3,(H,16,17). The largest absolute Gasteiger partial charge is 0.477 e. The van der Waals surface area contributed by atoms with E-state index < -0.39 is 5.97 Å². The molecule has 5 nitrogen and oxygen atoms in total. The van der Waals surface area contributed by atoms with E-state index in [2.05, 4.69) is 5.32 Å². The van der Waals surface area contributed by atoms with Crippen LogP contribution in [0.15, 0.2) is 10.7 Å². The Morgan fingerprint density at radius 1 is 1.65 bits per heavy atom. The third kappa shape index (κ3) is 2.24. The molecule has 1 aliphatic carbocycles. The Balaban J connectivity index is 2.29. The number of hydrogen-bond donors (Lipinski definition) is 3. The molecule has 1 saturated carbocycles. The minimum absolute atomic E-state index is 0.00264. The minimum Gasteiger partial charge on any atom is -0.477 e. The fourth-order valence-corrected chi connectivity index (χ4v) is 2.35. The number of carboxylic acids is 1. The van der Waals surface area contributed by atoms with Crippen LogP contribution < -0.4 is 5.32 Å². The van der Waals surface area contributed by atoms with Crippen LogP contribution in [0.25, 0.3) is 0 Å². The molecular formula is C11H16ClN3O2. The molecule has 1 fully saturated rings. The van der Waals surface area contributed by atoms with Crippen LogP contribution in [0.5, 0.6) is 0 Å². The maximum absolute atomic E-state index is 11.0. The first-order chi connectivity index (χ1) is 8.06. The molecule has 94 valence electrons. The van der Waals surface area contributed by atoms with Crippen LogP contribution in [0.4, 0.5) is 0 Å². The maximum atomic E-state index is 11.0. The average molecular weight is 258 g/mol. The minimum atomic E-state index is -1.10. The first kappa shape index (κ1) is 12.2. The number of nitrogens with zero attached hydrogens (tertiary/aromatic N) is 1. The number of hydrogen-bond acceptors (Lipinski definition) is 3. The molecule has 0 aromatic heterocycles. The average Bonchev–Trinajstić information content (AvgIpc) is 3.08. The Kier molecular flexibility index (Phi) is 3.28. The third-order valence-corrected chi connectivity index (χ3v) is 3.46. The lowest BCUT2D eigenvalue weighted by molar-refractivity contribution is -0.133. The van der Waals surface area contributed by atoms with Crippen molar-refractivity contribution < 1.29 is 9.90 Å². The summed E-state index contributed by atoms with van der Waals surface area (Å²) in [6.45, 7) is 2.75. The van der Waals surface area contributed by atoms with E-state index >= 15 is 0 Å². The molecule has 0 radical (unpaired) electrons. The molecule has 17 heavy (non-hydrogen) atoms. The van der Waals surface area contributed by atoms with Gasteiger partial charge in [-0.3, -0.25) is 5.41 Å². The maximum Gasteiger partial charge on any atom is 0.353 e. The van der Waals surface area contributed by atoms with Crippen LogP contribution in [-0.2, 0) is 4.79 Å². The molecule has 0 bridgehead atoms. The highest BCUT2D eigenvalue weighted by molar-refractivity contribution is 6.44. The van der Waals surface area contributed by atoms with Gasteiger partial charge in [0.15, 0.2) is 0 Å². The number of aliphatic carboxylic acids is 1. The van der Waals surface area contributed by atoms with Crippen molar-refractivity contribution in [3.05, 3.63) is 10.7 Å². The molecule has 1 atom stereocenters. The monoisotopic (exact) mass is 257 g/mol. The van der Waals surface area contributed by atoms with E-state index in [1.165, 1.54) is 0 Å². The number of halogens is 1. The lowest BCUT2D eigenvalue weighted by Crippen LogP contribution is -2.55. The Hall–Kier alpha value is -1.23. The summed E-state index contributed by atoms with van der Waals surface area (Å²) >= 11 is 5.92. The third-order valence-electron chi connectivity index (χ3n) is 3.09. The van der Waals surface area contributed by atoms with Gasteiger partial charge in [0, 0.05) is 6.54 Å². The number of carboxylic acid groups (broad SMARTS) is 1. The van der Waals surface area contributed by atoms with Crippen LogP contribution in [0.3, 0.4) is 0 Å². The van der Waals surface area contributed by atoms with Gasteiger partial charge in [-0.15, -0.1) is 0 Å². The van der Waals surface area contributed by atoms with E-state index in [0.717, 1.165) is 25.8 Å². The molecule has 1 aliphatic heterocycles. The van der Waals surface area contributed by atoms with Crippen LogP contribution in [-0.4, -0.2) is 34.5 Å². The zero-order valence-corrected chi connectivity index (χ0v) is 10.4. The molecule has 3 N–H and O–H groups in total. The van der Waals surface area contributed by atoms with Crippen molar-refractivity contribution >= 4 is 23.4 Å². The summed E-state index contributed by atoms with van der Waals surface area (Å²) in [5.74, 6) is -0.538. The normalized spacial score (nSPS) is 24.9. The molecule has 6 heteroatoms. The second-order valence-corrected chi connectivity index (χ2v) is 4.84. The van der Waals surface area contributed by atoms with Crippen molar-refractivity contribution in [3.63, 3.8) is 0 Å². The van der Waals surface area contributed by atoms with E-state index in [9.17, 15) is 4.79 Å². The molecule has 1 heterocycles. The number of nitrogens with one attached hydrogen (secondary N) is 2. The first-order valence-electron chi connectivity index (χ1n) is 5.81. The molecule has 0 amide bonds. The van der Waals surface area contributed by atoms with Gasteiger partial charge in [0.1, 0.15) is 22.7 Å². The zero-order chi connectivity index (χ0) is 12.6. The van der Waals surface area contributed by atoms with Crippen molar-refractivity contribution in [2.75, 3.05) is 6.54 Å². The van der Waals surface area contributed by atoms with Crippen LogP contribution >= 0.6 is 11.6 Å². The SMILES string of the molecule is CCCN1C(=N)C(Cl)=C(C(=O)O)NC1C1CC1.